The Morgan fingerprint density at radius 2 is 1.60 bits per heavy atom. The van der Waals surface area contributed by atoms with Gasteiger partial charge in [0.1, 0.15) is 0 Å². The number of aromatic nitrogens is 1. The number of nitrogens with zero attached hydrogens (tertiary/aromatic N) is 2. The van der Waals surface area contributed by atoms with Crippen LogP contribution in [0.1, 0.15) is 11.3 Å². The van der Waals surface area contributed by atoms with Crippen LogP contribution in [0.2, 0.25) is 0 Å². The van der Waals surface area contributed by atoms with Crippen molar-refractivity contribution in [2.24, 2.45) is 4.99 Å². The average molecular weight is 370 g/mol. The molecule has 0 atom stereocenters. The van der Waals surface area contributed by atoms with Gasteiger partial charge in [-0.05, 0) is 28.8 Å². The van der Waals surface area contributed by atoms with E-state index in [1.54, 1.807) is 18.5 Å². The van der Waals surface area contributed by atoms with Gasteiger partial charge in [-0.25, -0.2) is 0 Å². The first-order valence-corrected chi connectivity index (χ1v) is 7.10. The Balaban J connectivity index is 0.00000192. The number of para-hydroxylation sites is 1. The molecule has 0 bridgehead atoms. The van der Waals surface area contributed by atoms with Crippen LogP contribution in [0.4, 0.5) is 0 Å². The first kappa shape index (κ1) is 22.6. The van der Waals surface area contributed by atoms with Crippen molar-refractivity contribution in [2.75, 3.05) is 0 Å². The number of hydrogen-bond acceptors (Lipinski definition) is 3. The Labute approximate surface area is 158 Å². The quantitative estimate of drug-likeness (QED) is 0.658. The molecule has 0 spiro atoms. The predicted molar refractivity (Wildman–Crippen MR) is 88.2 cm³/mol. The minimum Gasteiger partial charge on any atom is -2.00 e. The maximum absolute atomic E-state index is 12.5. The molecular formula is C19H15N2O3V-5. The Kier molecular flexibility index (Phi) is 10.1. The Morgan fingerprint density at radius 3 is 2.28 bits per heavy atom. The summed E-state index contributed by atoms with van der Waals surface area (Å²) in [6.45, 7) is 0.468. The molecule has 0 saturated heterocycles. The minimum atomic E-state index is -0.00142. The van der Waals surface area contributed by atoms with E-state index in [4.69, 9.17) is 0 Å². The molecular weight excluding hydrogens is 355 g/mol. The molecule has 0 N–H and O–H groups in total. The molecule has 0 fully saturated rings. The van der Waals surface area contributed by atoms with Crippen molar-refractivity contribution in [3.63, 3.8) is 0 Å². The molecule has 3 rings (SSSR count). The minimum absolute atomic E-state index is 0. The van der Waals surface area contributed by atoms with Gasteiger partial charge >= 0.3 is 0 Å². The number of pyridine rings is 1. The number of rotatable bonds is 4. The fraction of sp³-hybridized carbons (Fsp3) is 0.0526. The monoisotopic (exact) mass is 370 g/mol. The van der Waals surface area contributed by atoms with Gasteiger partial charge in [0.15, 0.2) is 0 Å². The summed E-state index contributed by atoms with van der Waals surface area (Å²) in [6, 6.07) is 20.9. The largest absolute Gasteiger partial charge is 2.00 e. The van der Waals surface area contributed by atoms with Gasteiger partial charge in [-0.1, -0.05) is 60.3 Å². The van der Waals surface area contributed by atoms with Gasteiger partial charge < -0.3 is 16.1 Å². The Bertz CT molecular complexity index is 781. The van der Waals surface area contributed by atoms with E-state index in [1.807, 2.05) is 60.7 Å². The SMILES string of the molecule is [O-2].[O-2].[O-]c1c(C=NCc2ccccn2)cccc1-c1ccccc1.[V]. The van der Waals surface area contributed by atoms with Crippen molar-refractivity contribution in [1.82, 2.24) is 4.98 Å². The molecule has 129 valence electrons. The topological polar surface area (TPSA) is 105 Å². The van der Waals surface area contributed by atoms with E-state index in [9.17, 15) is 5.11 Å². The van der Waals surface area contributed by atoms with Gasteiger partial charge in [0.2, 0.25) is 0 Å². The van der Waals surface area contributed by atoms with Gasteiger partial charge in [0.25, 0.3) is 0 Å². The molecule has 0 aliphatic heterocycles. The summed E-state index contributed by atoms with van der Waals surface area (Å²) in [7, 11) is 0. The van der Waals surface area contributed by atoms with Gasteiger partial charge in [0, 0.05) is 31.0 Å². The second-order valence-electron chi connectivity index (χ2n) is 4.88. The van der Waals surface area contributed by atoms with Crippen molar-refractivity contribution in [2.45, 2.75) is 6.54 Å². The summed E-state index contributed by atoms with van der Waals surface area (Å²) in [5.41, 5.74) is 3.09. The number of aliphatic imine (C=N–C) groups is 1. The molecule has 25 heavy (non-hydrogen) atoms. The van der Waals surface area contributed by atoms with E-state index in [0.717, 1.165) is 11.3 Å². The summed E-state index contributed by atoms with van der Waals surface area (Å²) >= 11 is 0. The Morgan fingerprint density at radius 1 is 0.880 bits per heavy atom. The molecule has 0 saturated carbocycles. The van der Waals surface area contributed by atoms with E-state index in [2.05, 4.69) is 9.98 Å². The van der Waals surface area contributed by atoms with E-state index in [0.29, 0.717) is 17.7 Å². The summed E-state index contributed by atoms with van der Waals surface area (Å²) < 4.78 is 0. The molecule has 5 nitrogen and oxygen atoms in total. The van der Waals surface area contributed by atoms with E-state index in [-0.39, 0.29) is 35.3 Å². The Hall–Kier alpha value is -2.44. The zero-order valence-corrected chi connectivity index (χ0v) is 14.7. The van der Waals surface area contributed by atoms with Crippen molar-refractivity contribution in [3.05, 3.63) is 84.2 Å². The molecule has 0 unspecified atom stereocenters. The average Bonchev–Trinajstić information content (AvgIpc) is 2.58. The molecule has 0 aliphatic rings. The molecule has 6 heteroatoms. The zero-order chi connectivity index (χ0) is 15.2. The summed E-state index contributed by atoms with van der Waals surface area (Å²) in [5, 5.41) is 12.5. The van der Waals surface area contributed by atoms with Crippen molar-refractivity contribution in [1.29, 1.82) is 0 Å². The second kappa shape index (κ2) is 11.2. The summed E-state index contributed by atoms with van der Waals surface area (Å²) in [5.74, 6) is -0.00142. The van der Waals surface area contributed by atoms with Gasteiger partial charge in [0.05, 0.1) is 12.2 Å². The maximum atomic E-state index is 12.5. The van der Waals surface area contributed by atoms with Crippen LogP contribution in [-0.4, -0.2) is 11.2 Å². The van der Waals surface area contributed by atoms with Crippen LogP contribution in [0.5, 0.6) is 5.75 Å². The van der Waals surface area contributed by atoms with Crippen LogP contribution in [0.3, 0.4) is 0 Å². The number of hydrogen-bond donors (Lipinski definition) is 0. The molecule has 0 aliphatic carbocycles. The van der Waals surface area contributed by atoms with Crippen LogP contribution in [0.15, 0.2) is 77.9 Å². The smallest absolute Gasteiger partial charge is 0.0811 e. The van der Waals surface area contributed by atoms with Crippen LogP contribution < -0.4 is 5.11 Å². The third-order valence-electron chi connectivity index (χ3n) is 3.34. The maximum Gasteiger partial charge on any atom is 0.0811 e. The van der Waals surface area contributed by atoms with Crippen molar-refractivity contribution < 1.29 is 34.6 Å². The fourth-order valence-corrected chi connectivity index (χ4v) is 2.23. The zero-order valence-electron chi connectivity index (χ0n) is 13.3. The molecule has 1 heterocycles. The van der Waals surface area contributed by atoms with Gasteiger partial charge in [-0.2, -0.15) is 0 Å². The van der Waals surface area contributed by atoms with Crippen LogP contribution in [-0.2, 0) is 36.1 Å². The molecule has 1 aromatic heterocycles. The molecule has 3 aromatic rings. The second-order valence-corrected chi connectivity index (χ2v) is 4.88. The van der Waals surface area contributed by atoms with Crippen molar-refractivity contribution in [3.8, 4) is 16.9 Å². The van der Waals surface area contributed by atoms with Crippen LogP contribution in [0.25, 0.3) is 11.1 Å². The van der Waals surface area contributed by atoms with Crippen LogP contribution in [0, 0.1) is 0 Å². The van der Waals surface area contributed by atoms with E-state index >= 15 is 0 Å². The normalized spacial score (nSPS) is 9.60. The summed E-state index contributed by atoms with van der Waals surface area (Å²) in [4.78, 5) is 8.53. The van der Waals surface area contributed by atoms with Crippen LogP contribution >= 0.6 is 0 Å². The molecule has 1 radical (unpaired) electrons. The van der Waals surface area contributed by atoms with Gasteiger partial charge in [-0.15, -0.1) is 0 Å². The predicted octanol–water partition coefficient (Wildman–Crippen LogP) is 3.20. The van der Waals surface area contributed by atoms with E-state index in [1.165, 1.54) is 0 Å². The number of benzene rings is 2. The first-order chi connectivity index (χ1) is 10.8. The standard InChI is InChI=1S/C19H16N2O.2O.V/c22-19-16(13-20-14-17-10-4-5-12-21-17)9-6-11-18(19)15-7-2-1-3-8-15;;;/h1-13,22H,14H2;;;/q;2*-2;/p-1. The third-order valence-corrected chi connectivity index (χ3v) is 3.34. The molecule has 2 aromatic carbocycles. The van der Waals surface area contributed by atoms with E-state index < -0.39 is 0 Å². The third kappa shape index (κ3) is 5.85. The van der Waals surface area contributed by atoms with Crippen molar-refractivity contribution >= 4 is 6.21 Å². The molecule has 0 amide bonds. The van der Waals surface area contributed by atoms with Gasteiger partial charge in [-0.3, -0.25) is 9.98 Å². The fourth-order valence-electron chi connectivity index (χ4n) is 2.23. The first-order valence-electron chi connectivity index (χ1n) is 7.10. The summed E-state index contributed by atoms with van der Waals surface area (Å²) in [6.07, 6.45) is 3.36.